The van der Waals surface area contributed by atoms with E-state index in [0.717, 1.165) is 66.0 Å². The van der Waals surface area contributed by atoms with E-state index in [4.69, 9.17) is 76.2 Å². The molecule has 0 spiro atoms. The lowest BCUT2D eigenvalue weighted by molar-refractivity contribution is -0.227. The molecule has 0 saturated carbocycles. The molecule has 0 amide bonds. The van der Waals surface area contributed by atoms with Crippen molar-refractivity contribution in [3.05, 3.63) is 215 Å². The van der Waals surface area contributed by atoms with Crippen molar-refractivity contribution in [1.29, 1.82) is 0 Å². The van der Waals surface area contributed by atoms with Gasteiger partial charge in [0.2, 0.25) is 6.29 Å². The topological polar surface area (TPSA) is 255 Å². The van der Waals surface area contributed by atoms with E-state index in [0.29, 0.717) is 19.8 Å². The van der Waals surface area contributed by atoms with Crippen LogP contribution < -0.4 is 0 Å². The number of hydrogen-bond donors (Lipinski definition) is 2. The molecule has 5 saturated heterocycles. The maximum atomic E-state index is 11.5. The minimum absolute atomic E-state index is 0.0774. The van der Waals surface area contributed by atoms with E-state index in [2.05, 4.69) is 123 Å². The van der Waals surface area contributed by atoms with Crippen molar-refractivity contribution in [2.24, 2.45) is 0 Å². The van der Waals surface area contributed by atoms with Crippen molar-refractivity contribution < 1.29 is 101 Å². The number of fused-ring (bicyclic) bond motifs is 2. The third-order valence-corrected chi connectivity index (χ3v) is 18.1. The van der Waals surface area contributed by atoms with Gasteiger partial charge in [-0.1, -0.05) is 260 Å². The fourth-order valence-corrected chi connectivity index (χ4v) is 13.5. The van der Waals surface area contributed by atoms with E-state index < -0.39 is 102 Å². The Balaban J connectivity index is 0.000000216. The minimum atomic E-state index is -1.10. The van der Waals surface area contributed by atoms with E-state index in [1.54, 1.807) is 0 Å². The van der Waals surface area contributed by atoms with Crippen LogP contribution in [0.5, 0.6) is 0 Å². The molecule has 5 fully saturated rings. The zero-order valence-corrected chi connectivity index (χ0v) is 64.4. The highest BCUT2D eigenvalue weighted by atomic mass is 16.9. The van der Waals surface area contributed by atoms with E-state index >= 15 is 0 Å². The normalized spacial score (nSPS) is 23.5. The highest BCUT2D eigenvalue weighted by Crippen LogP contribution is 2.46. The number of rotatable bonds is 32. The number of esters is 3. The molecule has 5 heterocycles. The number of Topliss-reactive ketones (excluding diaryl/α,β-unsaturated/α-hetero) is 1. The van der Waals surface area contributed by atoms with Gasteiger partial charge in [0.05, 0.1) is 13.2 Å². The van der Waals surface area contributed by atoms with Gasteiger partial charge in [-0.15, -0.1) is 0 Å². The van der Waals surface area contributed by atoms with Crippen LogP contribution in [0.3, 0.4) is 0 Å². The number of aliphatic hydroxyl groups excluding tert-OH is 1. The quantitative estimate of drug-likeness (QED) is 0.0172. The van der Waals surface area contributed by atoms with Gasteiger partial charge < -0.3 is 81.3 Å². The lowest BCUT2D eigenvalue weighted by Crippen LogP contribution is -2.42. The summed E-state index contributed by atoms with van der Waals surface area (Å²) in [4.78, 5) is 52.4. The zero-order valence-electron chi connectivity index (χ0n) is 64.4. The Bertz CT molecular complexity index is 3330. The molecule has 21 heteroatoms. The summed E-state index contributed by atoms with van der Waals surface area (Å²) >= 11 is 0. The average molecular weight is 1480 g/mol. The van der Waals surface area contributed by atoms with Crippen LogP contribution in [0.15, 0.2) is 182 Å². The maximum absolute atomic E-state index is 11.5. The van der Waals surface area contributed by atoms with Crippen molar-refractivity contribution in [2.45, 2.75) is 257 Å². The van der Waals surface area contributed by atoms with Gasteiger partial charge in [0.1, 0.15) is 72.4 Å². The average Bonchev–Trinajstić information content (AvgIpc) is 1.67. The summed E-state index contributed by atoms with van der Waals surface area (Å²) in [6.07, 6.45) is 6.61. The standard InChI is InChI=1S/C35H44O5.C27H28O5.C19H32O8.C3H6O.C2H4O2/c1-4-5-6-7-8-18-25-36-31-30(38-33-32(31)39-34(2,3)40-33)26-37-35(27-19-12-9-13-20-27,28-21-14-10-15-22-28)29-23-16-11-17-24-29;1-26(2)31-24-23(28)22(30-25(24)32-26)18-29-27(19-12-6-3-7-13-19,20-14-8-4-9-15-20)21-16-10-5-11-17-21;1-5-6-7-8-9-10-11-23-17-16(12-24-13(2)20)27-19(26-15(4)22)18(17)25-14(3)21;1-3(2)4;1-2(3)4/h9-17,19-24,30-33H,4-8,18,25-26H2,1-3H3;3-17,22-25,28H,18H2,1-2H3;16-19H,5-12H2,1-4H3;1-2H3;1H3,(H,3,4)/t30-,31+,32-,33?;22-,23+,24-,25?;16-,17+,18?,19?;;/m111../s1. The van der Waals surface area contributed by atoms with Gasteiger partial charge in [0.15, 0.2) is 30.3 Å². The highest BCUT2D eigenvalue weighted by molar-refractivity contribution is 5.72. The molecule has 0 aromatic heterocycles. The number of ketones is 1. The van der Waals surface area contributed by atoms with Gasteiger partial charge in [-0.05, 0) is 87.8 Å². The molecule has 12 atom stereocenters. The summed E-state index contributed by atoms with van der Waals surface area (Å²) in [5, 5.41) is 18.3. The molecule has 4 unspecified atom stereocenters. The van der Waals surface area contributed by atoms with Gasteiger partial charge in [0.25, 0.3) is 5.97 Å². The number of carbonyl (C=O) groups excluding carboxylic acids is 4. The molecule has 107 heavy (non-hydrogen) atoms. The fraction of sp³-hybridized carbons (Fsp3) is 0.523. The van der Waals surface area contributed by atoms with Crippen LogP contribution in [0, 0.1) is 0 Å². The number of unbranched alkanes of at least 4 members (excludes halogenated alkanes) is 10. The van der Waals surface area contributed by atoms with Crippen molar-refractivity contribution >= 4 is 29.7 Å². The first kappa shape index (κ1) is 86.6. The third-order valence-electron chi connectivity index (χ3n) is 18.1. The van der Waals surface area contributed by atoms with Crippen LogP contribution in [-0.2, 0) is 101 Å². The van der Waals surface area contributed by atoms with Crippen LogP contribution >= 0.6 is 0 Å². The molecule has 0 radical (unpaired) electrons. The Morgan fingerprint density at radius 1 is 0.393 bits per heavy atom. The largest absolute Gasteiger partial charge is 0.481 e. The van der Waals surface area contributed by atoms with Crippen LogP contribution in [0.2, 0.25) is 0 Å². The first-order chi connectivity index (χ1) is 51.3. The molecule has 584 valence electrons. The Morgan fingerprint density at radius 3 is 1.07 bits per heavy atom. The number of carboxylic acid groups (broad SMARTS) is 1. The Hall–Kier alpha value is -7.61. The van der Waals surface area contributed by atoms with Gasteiger partial charge in [-0.3, -0.25) is 19.2 Å². The summed E-state index contributed by atoms with van der Waals surface area (Å²) in [5.41, 5.74) is 4.48. The molecule has 21 nitrogen and oxygen atoms in total. The summed E-state index contributed by atoms with van der Waals surface area (Å²) in [5.74, 6) is -3.72. The number of carboxylic acids is 1. The molecule has 5 aliphatic rings. The Kier molecular flexibility index (Phi) is 35.3. The first-order valence-corrected chi connectivity index (χ1v) is 37.7. The molecule has 0 bridgehead atoms. The van der Waals surface area contributed by atoms with E-state index in [9.17, 15) is 24.3 Å². The van der Waals surface area contributed by atoms with Gasteiger partial charge in [0, 0.05) is 40.9 Å². The number of aliphatic hydroxyl groups is 1. The second-order valence-corrected chi connectivity index (χ2v) is 28.1. The van der Waals surface area contributed by atoms with Crippen molar-refractivity contribution in [2.75, 3.05) is 33.0 Å². The van der Waals surface area contributed by atoms with E-state index in [1.165, 1.54) is 86.0 Å². The molecular weight excluding hydrogens is 1370 g/mol. The predicted octanol–water partition coefficient (Wildman–Crippen LogP) is 15.1. The van der Waals surface area contributed by atoms with Crippen LogP contribution in [-0.4, -0.2) is 158 Å². The second kappa shape index (κ2) is 43.5. The maximum Gasteiger partial charge on any atom is 0.305 e. The summed E-state index contributed by atoms with van der Waals surface area (Å²) in [6, 6.07) is 61.7. The zero-order chi connectivity index (χ0) is 77.4. The number of hydrogen-bond acceptors (Lipinski definition) is 20. The van der Waals surface area contributed by atoms with Gasteiger partial charge in [-0.25, -0.2) is 0 Å². The van der Waals surface area contributed by atoms with Crippen molar-refractivity contribution in [1.82, 2.24) is 0 Å². The van der Waals surface area contributed by atoms with E-state index in [1.807, 2.05) is 100 Å². The smallest absolute Gasteiger partial charge is 0.305 e. The first-order valence-electron chi connectivity index (χ1n) is 37.7. The second-order valence-electron chi connectivity index (χ2n) is 28.1. The number of benzene rings is 6. The summed E-state index contributed by atoms with van der Waals surface area (Å²) in [6.45, 7) is 21.3. The monoisotopic (exact) mass is 1480 g/mol. The predicted molar refractivity (Wildman–Crippen MR) is 402 cm³/mol. The van der Waals surface area contributed by atoms with Crippen LogP contribution in [0.25, 0.3) is 0 Å². The van der Waals surface area contributed by atoms with Crippen molar-refractivity contribution in [3.63, 3.8) is 0 Å². The fourth-order valence-electron chi connectivity index (χ4n) is 13.5. The molecule has 6 aromatic rings. The summed E-state index contributed by atoms with van der Waals surface area (Å²) < 4.78 is 83.8. The molecular formula is C86H114O21. The minimum Gasteiger partial charge on any atom is -0.481 e. The third kappa shape index (κ3) is 26.0. The van der Waals surface area contributed by atoms with Crippen LogP contribution in [0.1, 0.15) is 194 Å². The summed E-state index contributed by atoms with van der Waals surface area (Å²) in [7, 11) is 0. The molecule has 11 rings (SSSR count). The van der Waals surface area contributed by atoms with Gasteiger partial charge >= 0.3 is 17.9 Å². The Labute approximate surface area is 632 Å². The lowest BCUT2D eigenvalue weighted by atomic mass is 9.80. The Morgan fingerprint density at radius 2 is 0.710 bits per heavy atom. The molecule has 0 aliphatic carbocycles. The molecule has 6 aromatic carbocycles. The number of ether oxygens (including phenoxy) is 14. The highest BCUT2D eigenvalue weighted by Gasteiger charge is 2.57. The van der Waals surface area contributed by atoms with E-state index in [-0.39, 0.29) is 37.3 Å². The number of aliphatic carboxylic acids is 1. The lowest BCUT2D eigenvalue weighted by Gasteiger charge is -2.37. The molecule has 5 aliphatic heterocycles. The SMILES string of the molecule is CC(=O)O.CC(C)=O.CC1(C)OC2O[C@H](COC(c3ccccc3)(c3ccccc3)c3ccccc3)[C@H](O)[C@H]2O1.CCCCCCCCO[C@@H]1C(OC(C)=O)C(OC(C)=O)O[C@@H]1COC(C)=O.CCCCCCCCO[C@H]1[C@@H](COC(c2ccccc2)(c2ccccc2)c2ccccc2)OC2OC(C)(C)O[C@@H]21. The van der Waals surface area contributed by atoms with Gasteiger partial charge in [-0.2, -0.15) is 0 Å². The van der Waals surface area contributed by atoms with Crippen molar-refractivity contribution in [3.8, 4) is 0 Å². The number of carbonyl (C=O) groups is 5. The van der Waals surface area contributed by atoms with Crippen LogP contribution in [0.4, 0.5) is 0 Å². The molecule has 2 N–H and O–H groups in total.